The third-order valence-electron chi connectivity index (χ3n) is 2.92. The lowest BCUT2D eigenvalue weighted by molar-refractivity contribution is 0.240. The third-order valence-corrected chi connectivity index (χ3v) is 2.92. The molecular formula is C10H20. The number of hydrogen-bond acceptors (Lipinski definition) is 0. The molecule has 1 fully saturated rings. The van der Waals surface area contributed by atoms with E-state index in [1.165, 1.54) is 19.3 Å². The molecule has 0 heterocycles. The van der Waals surface area contributed by atoms with E-state index in [9.17, 15) is 0 Å². The molecule has 0 bridgehead atoms. The van der Waals surface area contributed by atoms with Gasteiger partial charge in [-0.2, -0.15) is 0 Å². The highest BCUT2D eigenvalue weighted by Crippen LogP contribution is 2.41. The predicted octanol–water partition coefficient (Wildman–Crippen LogP) is 3.47. The quantitative estimate of drug-likeness (QED) is 0.483. The molecule has 1 saturated carbocycles. The molecular weight excluding hydrogens is 120 g/mol. The van der Waals surface area contributed by atoms with E-state index >= 15 is 0 Å². The van der Waals surface area contributed by atoms with Gasteiger partial charge in [0.25, 0.3) is 0 Å². The Labute approximate surface area is 65.0 Å². The van der Waals surface area contributed by atoms with Crippen LogP contribution in [0.5, 0.6) is 0 Å². The first-order valence-electron chi connectivity index (χ1n) is 4.50. The highest BCUT2D eigenvalue weighted by atomic mass is 14.4. The summed E-state index contributed by atoms with van der Waals surface area (Å²) in [7, 11) is 0. The molecule has 0 N–H and O–H groups in total. The monoisotopic (exact) mass is 140 g/mol. The van der Waals surface area contributed by atoms with Gasteiger partial charge < -0.3 is 0 Å². The number of rotatable bonds is 0. The second kappa shape index (κ2) is 2.56. The maximum atomic E-state index is 2.38. The standard InChI is InChI=1S/C10H20/c1-8-5-6-9(7-8)10(2,3)4/h8-9H,5-7H2,1-4H3/t8-,9?/m0/s1. The fourth-order valence-corrected chi connectivity index (χ4v) is 1.99. The molecule has 2 atom stereocenters. The van der Waals surface area contributed by atoms with Crippen LogP contribution in [0.15, 0.2) is 0 Å². The molecule has 0 heteroatoms. The highest BCUT2D eigenvalue weighted by molar-refractivity contribution is 4.81. The Hall–Kier alpha value is 0. The van der Waals surface area contributed by atoms with Crippen molar-refractivity contribution < 1.29 is 0 Å². The Kier molecular flexibility index (Phi) is 2.07. The van der Waals surface area contributed by atoms with Crippen LogP contribution >= 0.6 is 0 Å². The van der Waals surface area contributed by atoms with E-state index in [1.54, 1.807) is 0 Å². The molecule has 0 aromatic heterocycles. The van der Waals surface area contributed by atoms with Crippen molar-refractivity contribution in [2.75, 3.05) is 0 Å². The van der Waals surface area contributed by atoms with E-state index in [2.05, 4.69) is 27.7 Å². The molecule has 0 aliphatic heterocycles. The molecule has 1 unspecified atom stereocenters. The van der Waals surface area contributed by atoms with Gasteiger partial charge in [-0.3, -0.25) is 0 Å². The molecule has 10 heavy (non-hydrogen) atoms. The Morgan fingerprint density at radius 3 is 1.90 bits per heavy atom. The molecule has 0 amide bonds. The van der Waals surface area contributed by atoms with Gasteiger partial charge in [0.2, 0.25) is 0 Å². The molecule has 1 rings (SSSR count). The SMILES string of the molecule is C[C@H]1CCC(C(C)(C)C)C1. The fourth-order valence-electron chi connectivity index (χ4n) is 1.99. The summed E-state index contributed by atoms with van der Waals surface area (Å²) >= 11 is 0. The first-order chi connectivity index (χ1) is 4.50. The third kappa shape index (κ3) is 1.74. The van der Waals surface area contributed by atoms with E-state index in [4.69, 9.17) is 0 Å². The zero-order valence-electron chi connectivity index (χ0n) is 7.78. The summed E-state index contributed by atoms with van der Waals surface area (Å²) in [6.07, 6.45) is 4.39. The first kappa shape index (κ1) is 8.10. The minimum Gasteiger partial charge on any atom is -0.0625 e. The van der Waals surface area contributed by atoms with Gasteiger partial charge in [0.15, 0.2) is 0 Å². The van der Waals surface area contributed by atoms with Crippen molar-refractivity contribution in [2.45, 2.75) is 47.0 Å². The fraction of sp³-hybridized carbons (Fsp3) is 1.00. The molecule has 0 aromatic carbocycles. The average Bonchev–Trinajstić information content (AvgIpc) is 2.11. The lowest BCUT2D eigenvalue weighted by Crippen LogP contribution is -2.17. The lowest BCUT2D eigenvalue weighted by Gasteiger charge is -2.26. The van der Waals surface area contributed by atoms with Gasteiger partial charge in [-0.25, -0.2) is 0 Å². The van der Waals surface area contributed by atoms with Crippen molar-refractivity contribution in [1.29, 1.82) is 0 Å². The summed E-state index contributed by atoms with van der Waals surface area (Å²) < 4.78 is 0. The predicted molar refractivity (Wildman–Crippen MR) is 46.0 cm³/mol. The van der Waals surface area contributed by atoms with Crippen LogP contribution in [0, 0.1) is 17.3 Å². The average molecular weight is 140 g/mol. The van der Waals surface area contributed by atoms with Crippen LogP contribution in [-0.2, 0) is 0 Å². The van der Waals surface area contributed by atoms with Gasteiger partial charge in [0.1, 0.15) is 0 Å². The van der Waals surface area contributed by atoms with Gasteiger partial charge in [-0.05, 0) is 30.1 Å². The Morgan fingerprint density at radius 1 is 1.10 bits per heavy atom. The minimum atomic E-state index is 0.560. The smallest absolute Gasteiger partial charge is 0.0354 e. The van der Waals surface area contributed by atoms with Crippen LogP contribution in [0.2, 0.25) is 0 Å². The zero-order valence-corrected chi connectivity index (χ0v) is 7.78. The van der Waals surface area contributed by atoms with Gasteiger partial charge in [-0.15, -0.1) is 0 Å². The highest BCUT2D eigenvalue weighted by Gasteiger charge is 2.30. The summed E-state index contributed by atoms with van der Waals surface area (Å²) in [5.41, 5.74) is 0.560. The maximum Gasteiger partial charge on any atom is -0.0354 e. The molecule has 0 nitrogen and oxygen atoms in total. The van der Waals surface area contributed by atoms with Gasteiger partial charge in [-0.1, -0.05) is 34.1 Å². The molecule has 1 aliphatic rings. The zero-order chi connectivity index (χ0) is 7.78. The lowest BCUT2D eigenvalue weighted by atomic mass is 9.79. The number of hydrogen-bond donors (Lipinski definition) is 0. The van der Waals surface area contributed by atoms with E-state index in [1.807, 2.05) is 0 Å². The van der Waals surface area contributed by atoms with Crippen LogP contribution in [0.25, 0.3) is 0 Å². The van der Waals surface area contributed by atoms with Gasteiger partial charge in [0.05, 0.1) is 0 Å². The van der Waals surface area contributed by atoms with Crippen LogP contribution in [0.4, 0.5) is 0 Å². The van der Waals surface area contributed by atoms with Crippen molar-refractivity contribution in [3.8, 4) is 0 Å². The van der Waals surface area contributed by atoms with Gasteiger partial charge >= 0.3 is 0 Å². The second-order valence-corrected chi connectivity index (χ2v) is 4.98. The van der Waals surface area contributed by atoms with E-state index in [0.717, 1.165) is 11.8 Å². The molecule has 0 aromatic rings. The second-order valence-electron chi connectivity index (χ2n) is 4.98. The molecule has 1 aliphatic carbocycles. The van der Waals surface area contributed by atoms with E-state index in [0.29, 0.717) is 5.41 Å². The molecule has 60 valence electrons. The molecule has 0 saturated heterocycles. The van der Waals surface area contributed by atoms with Crippen LogP contribution < -0.4 is 0 Å². The largest absolute Gasteiger partial charge is 0.0625 e. The van der Waals surface area contributed by atoms with Crippen molar-refractivity contribution in [3.63, 3.8) is 0 Å². The summed E-state index contributed by atoms with van der Waals surface area (Å²) in [5.74, 6) is 1.98. The summed E-state index contributed by atoms with van der Waals surface area (Å²) in [5, 5.41) is 0. The van der Waals surface area contributed by atoms with Crippen LogP contribution in [0.3, 0.4) is 0 Å². The topological polar surface area (TPSA) is 0 Å². The van der Waals surface area contributed by atoms with Gasteiger partial charge in [0, 0.05) is 0 Å². The molecule has 0 radical (unpaired) electrons. The van der Waals surface area contributed by atoms with E-state index < -0.39 is 0 Å². The maximum absolute atomic E-state index is 2.38. The van der Waals surface area contributed by atoms with Crippen molar-refractivity contribution in [1.82, 2.24) is 0 Å². The normalized spacial score (nSPS) is 34.8. The Balaban J connectivity index is 2.45. The first-order valence-corrected chi connectivity index (χ1v) is 4.50. The van der Waals surface area contributed by atoms with Crippen molar-refractivity contribution in [2.24, 2.45) is 17.3 Å². The van der Waals surface area contributed by atoms with E-state index in [-0.39, 0.29) is 0 Å². The molecule has 0 spiro atoms. The summed E-state index contributed by atoms with van der Waals surface area (Å²) in [6.45, 7) is 9.49. The van der Waals surface area contributed by atoms with Crippen LogP contribution in [0.1, 0.15) is 47.0 Å². The Morgan fingerprint density at radius 2 is 1.70 bits per heavy atom. The minimum absolute atomic E-state index is 0.560. The summed E-state index contributed by atoms with van der Waals surface area (Å²) in [4.78, 5) is 0. The van der Waals surface area contributed by atoms with Crippen LogP contribution in [-0.4, -0.2) is 0 Å². The van der Waals surface area contributed by atoms with Crippen molar-refractivity contribution in [3.05, 3.63) is 0 Å². The van der Waals surface area contributed by atoms with Crippen molar-refractivity contribution >= 4 is 0 Å². The summed E-state index contributed by atoms with van der Waals surface area (Å²) in [6, 6.07) is 0. The Bertz CT molecular complexity index is 108.